The number of carbonyl (C=O) groups excluding carboxylic acids is 2. The largest absolute Gasteiger partial charge is 0.320 e. The Morgan fingerprint density at radius 3 is 1.56 bits per heavy atom. The summed E-state index contributed by atoms with van der Waals surface area (Å²) in [5.74, 6) is 0.706. The molecule has 2 N–H and O–H groups in total. The number of nitrogens with one attached hydrogen (secondary N) is 2. The lowest BCUT2D eigenvalue weighted by Gasteiger charge is -2.03. The van der Waals surface area contributed by atoms with Crippen LogP contribution in [-0.2, 0) is 9.59 Å². The molecular weight excluding hydrogens is 284 g/mol. The molecule has 0 saturated heterocycles. The quantitative estimate of drug-likeness (QED) is 0.311. The Balaban J connectivity index is 3.46. The summed E-state index contributed by atoms with van der Waals surface area (Å²) in [7, 11) is 5.44. The molecular formula is C8H16N2O2S4. The molecule has 0 atom stereocenters. The fourth-order valence-electron chi connectivity index (χ4n) is 0.477. The van der Waals surface area contributed by atoms with E-state index in [-0.39, 0.29) is 0 Å². The highest BCUT2D eigenvalue weighted by Gasteiger charge is 2.12. The topological polar surface area (TPSA) is 58.2 Å². The SMILES string of the molecule is CCCSSNC(=O)C(=O)NSSCCC. The zero-order chi connectivity index (χ0) is 12.2. The molecule has 2 amide bonds. The molecule has 0 aromatic heterocycles. The molecule has 0 fully saturated rings. The van der Waals surface area contributed by atoms with Crippen molar-refractivity contribution in [2.45, 2.75) is 26.7 Å². The predicted octanol–water partition coefficient (Wildman–Crippen LogP) is 2.63. The van der Waals surface area contributed by atoms with Crippen molar-refractivity contribution in [2.24, 2.45) is 0 Å². The zero-order valence-corrected chi connectivity index (χ0v) is 12.5. The maximum Gasteiger partial charge on any atom is 0.320 e. The lowest BCUT2D eigenvalue weighted by Crippen LogP contribution is -2.32. The van der Waals surface area contributed by atoms with E-state index in [1.807, 2.05) is 0 Å². The van der Waals surface area contributed by atoms with Crippen LogP contribution in [0.25, 0.3) is 0 Å². The average Bonchev–Trinajstić information content (AvgIpc) is 2.29. The minimum Gasteiger partial charge on any atom is -0.283 e. The molecule has 0 heterocycles. The van der Waals surface area contributed by atoms with E-state index in [9.17, 15) is 9.59 Å². The van der Waals surface area contributed by atoms with Gasteiger partial charge in [0.05, 0.1) is 0 Å². The molecule has 0 aliphatic carbocycles. The standard InChI is InChI=1S/C8H16N2O2S4/c1-3-5-13-15-9-7(11)8(12)10-16-14-6-4-2/h3-6H2,1-2H3,(H,9,11)(H,10,12). The van der Waals surface area contributed by atoms with E-state index in [0.29, 0.717) is 0 Å². The van der Waals surface area contributed by atoms with Crippen LogP contribution in [0.3, 0.4) is 0 Å². The maximum absolute atomic E-state index is 11.2. The summed E-state index contributed by atoms with van der Waals surface area (Å²) < 4.78 is 4.93. The summed E-state index contributed by atoms with van der Waals surface area (Å²) in [5.41, 5.74) is 0. The van der Waals surface area contributed by atoms with Gasteiger partial charge in [-0.15, -0.1) is 0 Å². The highest BCUT2D eigenvalue weighted by molar-refractivity contribution is 8.76. The Hall–Kier alpha value is 0.340. The van der Waals surface area contributed by atoms with E-state index in [0.717, 1.165) is 24.3 Å². The van der Waals surface area contributed by atoms with Crippen LogP contribution in [0.15, 0.2) is 0 Å². The number of carbonyl (C=O) groups is 2. The van der Waals surface area contributed by atoms with Gasteiger partial charge in [-0.2, -0.15) is 0 Å². The highest BCUT2D eigenvalue weighted by atomic mass is 33.1. The van der Waals surface area contributed by atoms with Crippen LogP contribution >= 0.6 is 43.5 Å². The van der Waals surface area contributed by atoms with E-state index in [1.54, 1.807) is 0 Å². The van der Waals surface area contributed by atoms with E-state index in [4.69, 9.17) is 0 Å². The van der Waals surface area contributed by atoms with Gasteiger partial charge in [-0.3, -0.25) is 19.0 Å². The molecule has 0 spiro atoms. The minimum atomic E-state index is -0.599. The molecule has 8 heteroatoms. The molecule has 0 aromatic rings. The van der Waals surface area contributed by atoms with Crippen molar-refractivity contribution in [3.05, 3.63) is 0 Å². The number of hydrogen-bond donors (Lipinski definition) is 2. The Kier molecular flexibility index (Phi) is 12.1. The molecule has 0 unspecified atom stereocenters. The van der Waals surface area contributed by atoms with Gasteiger partial charge < -0.3 is 0 Å². The van der Waals surface area contributed by atoms with Gasteiger partial charge in [-0.1, -0.05) is 35.4 Å². The van der Waals surface area contributed by atoms with Crippen LogP contribution in [0, 0.1) is 0 Å². The third-order valence-electron chi connectivity index (χ3n) is 1.17. The summed E-state index contributed by atoms with van der Waals surface area (Å²) in [5, 5.41) is 0. The minimum absolute atomic E-state index is 0.599. The van der Waals surface area contributed by atoms with Crippen molar-refractivity contribution in [3.8, 4) is 0 Å². The maximum atomic E-state index is 11.2. The molecule has 0 aliphatic rings. The Morgan fingerprint density at radius 1 is 0.875 bits per heavy atom. The van der Waals surface area contributed by atoms with E-state index in [1.165, 1.54) is 43.5 Å². The van der Waals surface area contributed by atoms with Crippen molar-refractivity contribution in [2.75, 3.05) is 11.5 Å². The monoisotopic (exact) mass is 300 g/mol. The Labute approximate surface area is 112 Å². The highest BCUT2D eigenvalue weighted by Crippen LogP contribution is 2.19. The molecule has 4 nitrogen and oxygen atoms in total. The number of amides is 2. The second kappa shape index (κ2) is 11.8. The van der Waals surface area contributed by atoms with Crippen LogP contribution in [0.1, 0.15) is 26.7 Å². The van der Waals surface area contributed by atoms with Crippen LogP contribution in [-0.4, -0.2) is 23.3 Å². The first-order chi connectivity index (χ1) is 7.72. The van der Waals surface area contributed by atoms with Crippen LogP contribution in [0.4, 0.5) is 0 Å². The van der Waals surface area contributed by atoms with E-state index in [2.05, 4.69) is 23.3 Å². The van der Waals surface area contributed by atoms with Crippen LogP contribution in [0.5, 0.6) is 0 Å². The summed E-state index contributed by atoms with van der Waals surface area (Å²) in [6.45, 7) is 4.12. The van der Waals surface area contributed by atoms with Gasteiger partial charge in [-0.25, -0.2) is 0 Å². The van der Waals surface area contributed by atoms with E-state index >= 15 is 0 Å². The molecule has 0 radical (unpaired) electrons. The van der Waals surface area contributed by atoms with Crippen molar-refractivity contribution in [1.82, 2.24) is 9.44 Å². The van der Waals surface area contributed by atoms with Gasteiger partial charge in [-0.05, 0) is 12.8 Å². The van der Waals surface area contributed by atoms with Crippen molar-refractivity contribution >= 4 is 55.4 Å². The van der Waals surface area contributed by atoms with Gasteiger partial charge in [0, 0.05) is 33.5 Å². The molecule has 0 aliphatic heterocycles. The Morgan fingerprint density at radius 2 is 1.25 bits per heavy atom. The van der Waals surface area contributed by atoms with Gasteiger partial charge in [0.15, 0.2) is 0 Å². The lowest BCUT2D eigenvalue weighted by atomic mass is 10.6. The van der Waals surface area contributed by atoms with Crippen molar-refractivity contribution < 1.29 is 9.59 Å². The molecule has 94 valence electrons. The van der Waals surface area contributed by atoms with Gasteiger partial charge >= 0.3 is 11.8 Å². The van der Waals surface area contributed by atoms with Crippen LogP contribution < -0.4 is 9.44 Å². The fourth-order valence-corrected chi connectivity index (χ4v) is 3.74. The van der Waals surface area contributed by atoms with Crippen LogP contribution in [0.2, 0.25) is 0 Å². The molecule has 0 bridgehead atoms. The van der Waals surface area contributed by atoms with Crippen molar-refractivity contribution in [1.29, 1.82) is 0 Å². The van der Waals surface area contributed by atoms with Gasteiger partial charge in [0.2, 0.25) is 0 Å². The van der Waals surface area contributed by atoms with Crippen molar-refractivity contribution in [3.63, 3.8) is 0 Å². The second-order valence-corrected chi connectivity index (χ2v) is 7.12. The molecule has 0 rings (SSSR count). The van der Waals surface area contributed by atoms with Gasteiger partial charge in [0.25, 0.3) is 0 Å². The number of hydrogen-bond acceptors (Lipinski definition) is 6. The summed E-state index contributed by atoms with van der Waals surface area (Å²) >= 11 is 0. The summed E-state index contributed by atoms with van der Waals surface area (Å²) in [6.07, 6.45) is 2.09. The fraction of sp³-hybridized carbons (Fsp3) is 0.750. The molecule has 0 saturated carbocycles. The first-order valence-corrected chi connectivity index (χ1v) is 9.53. The first kappa shape index (κ1) is 16.3. The lowest BCUT2D eigenvalue weighted by molar-refractivity contribution is -0.136. The third kappa shape index (κ3) is 9.56. The third-order valence-corrected chi connectivity index (χ3v) is 5.30. The summed E-state index contributed by atoms with van der Waals surface area (Å²) in [4.78, 5) is 22.4. The molecule has 0 aromatic carbocycles. The summed E-state index contributed by atoms with van der Waals surface area (Å²) in [6, 6.07) is 0. The zero-order valence-electron chi connectivity index (χ0n) is 9.28. The normalized spacial score (nSPS) is 9.88. The Bertz CT molecular complexity index is 194. The first-order valence-electron chi connectivity index (χ1n) is 4.89. The predicted molar refractivity (Wildman–Crippen MR) is 77.0 cm³/mol. The second-order valence-electron chi connectivity index (χ2n) is 2.67. The smallest absolute Gasteiger partial charge is 0.283 e. The average molecular weight is 300 g/mol. The van der Waals surface area contributed by atoms with E-state index < -0.39 is 11.8 Å². The molecule has 16 heavy (non-hydrogen) atoms. The van der Waals surface area contributed by atoms with Gasteiger partial charge in [0.1, 0.15) is 0 Å². The number of rotatable bonds is 8.